The van der Waals surface area contributed by atoms with E-state index < -0.39 is 0 Å². The van der Waals surface area contributed by atoms with Gasteiger partial charge >= 0.3 is 0 Å². The van der Waals surface area contributed by atoms with Gasteiger partial charge in [0.15, 0.2) is 0 Å². The highest BCUT2D eigenvalue weighted by Gasteiger charge is 2.13. The minimum atomic E-state index is -0.265. The number of halogens is 1. The number of hydrogen-bond donors (Lipinski definition) is 3. The molecule has 0 bridgehead atoms. The van der Waals surface area contributed by atoms with Crippen LogP contribution in [-0.2, 0) is 6.42 Å². The van der Waals surface area contributed by atoms with Gasteiger partial charge in [0, 0.05) is 29.6 Å². The van der Waals surface area contributed by atoms with Crippen LogP contribution in [0.2, 0.25) is 0 Å². The number of aromatic nitrogens is 1. The molecule has 4 N–H and O–H groups in total. The zero-order valence-corrected chi connectivity index (χ0v) is 15.2. The molecule has 2 rings (SSSR count). The fourth-order valence-electron chi connectivity index (χ4n) is 2.05. The minimum Gasteiger partial charge on any atom is -0.352 e. The van der Waals surface area contributed by atoms with Crippen LogP contribution >= 0.6 is 23.7 Å². The Morgan fingerprint density at radius 2 is 2.04 bits per heavy atom. The summed E-state index contributed by atoms with van der Waals surface area (Å²) in [5, 5.41) is 8.14. The van der Waals surface area contributed by atoms with Gasteiger partial charge in [-0.2, -0.15) is 0 Å². The van der Waals surface area contributed by atoms with Gasteiger partial charge in [-0.25, -0.2) is 4.98 Å². The van der Waals surface area contributed by atoms with E-state index in [1.807, 2.05) is 13.8 Å². The molecule has 1 heterocycles. The Hall–Kier alpha value is -1.96. The van der Waals surface area contributed by atoms with E-state index in [0.29, 0.717) is 36.5 Å². The maximum atomic E-state index is 12.2. The van der Waals surface area contributed by atoms with Crippen molar-refractivity contribution in [2.24, 2.45) is 5.73 Å². The highest BCUT2D eigenvalue weighted by Crippen LogP contribution is 2.18. The van der Waals surface area contributed by atoms with Gasteiger partial charge in [0.25, 0.3) is 11.8 Å². The SMILES string of the molecule is CCNC(=O)c1ccc(NC(=O)c2csc(CCN)n2)c(C)c1.Cl. The maximum Gasteiger partial charge on any atom is 0.275 e. The molecule has 1 aromatic carbocycles. The highest BCUT2D eigenvalue weighted by atomic mass is 35.5. The van der Waals surface area contributed by atoms with E-state index in [9.17, 15) is 9.59 Å². The predicted octanol–water partition coefficient (Wildman–Crippen LogP) is 2.38. The zero-order valence-electron chi connectivity index (χ0n) is 13.6. The Morgan fingerprint density at radius 3 is 2.67 bits per heavy atom. The van der Waals surface area contributed by atoms with Crippen LogP contribution in [0.15, 0.2) is 23.6 Å². The van der Waals surface area contributed by atoms with Gasteiger partial charge in [-0.3, -0.25) is 9.59 Å². The lowest BCUT2D eigenvalue weighted by molar-refractivity contribution is 0.0955. The Balaban J connectivity index is 0.00000288. The van der Waals surface area contributed by atoms with Crippen molar-refractivity contribution in [3.8, 4) is 0 Å². The van der Waals surface area contributed by atoms with Crippen LogP contribution in [0.5, 0.6) is 0 Å². The number of aryl methyl sites for hydroxylation is 1. The Bertz CT molecular complexity index is 718. The van der Waals surface area contributed by atoms with Gasteiger partial charge in [0.05, 0.1) is 5.01 Å². The number of anilines is 1. The molecular weight excluding hydrogens is 348 g/mol. The summed E-state index contributed by atoms with van der Waals surface area (Å²) in [6.07, 6.45) is 0.665. The van der Waals surface area contributed by atoms with Crippen LogP contribution in [0.1, 0.15) is 38.3 Å². The molecule has 130 valence electrons. The fourth-order valence-corrected chi connectivity index (χ4v) is 2.84. The van der Waals surface area contributed by atoms with E-state index in [0.717, 1.165) is 10.6 Å². The standard InChI is InChI=1S/C16H20N4O2S.ClH/c1-3-18-15(21)11-4-5-12(10(2)8-11)20-16(22)13-9-23-14(19-13)6-7-17;/h4-5,8-9H,3,6-7,17H2,1-2H3,(H,18,21)(H,20,22);1H. The smallest absolute Gasteiger partial charge is 0.275 e. The Labute approximate surface area is 151 Å². The Morgan fingerprint density at radius 1 is 1.29 bits per heavy atom. The molecule has 8 heteroatoms. The van der Waals surface area contributed by atoms with Crippen LogP contribution in [0.4, 0.5) is 5.69 Å². The van der Waals surface area contributed by atoms with Crippen molar-refractivity contribution in [3.63, 3.8) is 0 Å². The predicted molar refractivity (Wildman–Crippen MR) is 99.3 cm³/mol. The second kappa shape index (κ2) is 9.36. The third-order valence-electron chi connectivity index (χ3n) is 3.22. The largest absolute Gasteiger partial charge is 0.352 e. The number of thiazole rings is 1. The molecule has 0 atom stereocenters. The molecule has 6 nitrogen and oxygen atoms in total. The van der Waals surface area contributed by atoms with Crippen molar-refractivity contribution in [1.82, 2.24) is 10.3 Å². The highest BCUT2D eigenvalue weighted by molar-refractivity contribution is 7.09. The first-order valence-electron chi connectivity index (χ1n) is 7.39. The normalized spacial score (nSPS) is 9.96. The van der Waals surface area contributed by atoms with Gasteiger partial charge in [0.1, 0.15) is 5.69 Å². The third kappa shape index (κ3) is 5.02. The van der Waals surface area contributed by atoms with E-state index in [-0.39, 0.29) is 24.2 Å². The fraction of sp³-hybridized carbons (Fsp3) is 0.312. The van der Waals surface area contributed by atoms with E-state index in [2.05, 4.69) is 15.6 Å². The number of nitrogens with zero attached hydrogens (tertiary/aromatic N) is 1. The quantitative estimate of drug-likeness (QED) is 0.729. The lowest BCUT2D eigenvalue weighted by atomic mass is 10.1. The molecule has 0 saturated carbocycles. The lowest BCUT2D eigenvalue weighted by Gasteiger charge is -2.09. The number of amides is 2. The molecule has 0 aliphatic carbocycles. The number of carbonyl (C=O) groups is 2. The summed E-state index contributed by atoms with van der Waals surface area (Å²) in [4.78, 5) is 28.3. The van der Waals surface area contributed by atoms with Crippen LogP contribution < -0.4 is 16.4 Å². The summed E-state index contributed by atoms with van der Waals surface area (Å²) in [6, 6.07) is 5.17. The van der Waals surface area contributed by atoms with E-state index in [4.69, 9.17) is 5.73 Å². The second-order valence-electron chi connectivity index (χ2n) is 5.01. The molecule has 0 unspecified atom stereocenters. The van der Waals surface area contributed by atoms with Crippen molar-refractivity contribution >= 4 is 41.2 Å². The average molecular weight is 369 g/mol. The number of rotatable bonds is 6. The molecule has 0 radical (unpaired) electrons. The Kier molecular flexibility index (Phi) is 7.84. The minimum absolute atomic E-state index is 0. The summed E-state index contributed by atoms with van der Waals surface area (Å²) in [5.41, 5.74) is 7.92. The van der Waals surface area contributed by atoms with Crippen LogP contribution in [-0.4, -0.2) is 29.9 Å². The van der Waals surface area contributed by atoms with Crippen molar-refractivity contribution in [1.29, 1.82) is 0 Å². The molecule has 0 fully saturated rings. The molecule has 24 heavy (non-hydrogen) atoms. The van der Waals surface area contributed by atoms with Gasteiger partial charge < -0.3 is 16.4 Å². The molecular formula is C16H21ClN4O2S. The lowest BCUT2D eigenvalue weighted by Crippen LogP contribution is -2.22. The van der Waals surface area contributed by atoms with Crippen molar-refractivity contribution < 1.29 is 9.59 Å². The molecule has 1 aromatic heterocycles. The summed E-state index contributed by atoms with van der Waals surface area (Å²) >= 11 is 1.42. The molecule has 0 aliphatic rings. The van der Waals surface area contributed by atoms with Crippen LogP contribution in [0.3, 0.4) is 0 Å². The number of benzene rings is 1. The van der Waals surface area contributed by atoms with E-state index in [1.54, 1.807) is 23.6 Å². The zero-order chi connectivity index (χ0) is 16.8. The van der Waals surface area contributed by atoms with Gasteiger partial charge in [-0.05, 0) is 44.2 Å². The van der Waals surface area contributed by atoms with E-state index in [1.165, 1.54) is 11.3 Å². The van der Waals surface area contributed by atoms with Crippen LogP contribution in [0, 0.1) is 6.92 Å². The van der Waals surface area contributed by atoms with Gasteiger partial charge in [-0.15, -0.1) is 23.7 Å². The van der Waals surface area contributed by atoms with E-state index >= 15 is 0 Å². The van der Waals surface area contributed by atoms with Crippen molar-refractivity contribution in [3.05, 3.63) is 45.4 Å². The molecule has 2 amide bonds. The number of nitrogens with one attached hydrogen (secondary N) is 2. The molecule has 0 saturated heterocycles. The van der Waals surface area contributed by atoms with Gasteiger partial charge in [0.2, 0.25) is 0 Å². The summed E-state index contributed by atoms with van der Waals surface area (Å²) < 4.78 is 0. The first-order chi connectivity index (χ1) is 11.0. The average Bonchev–Trinajstić information content (AvgIpc) is 2.98. The van der Waals surface area contributed by atoms with Crippen LogP contribution in [0.25, 0.3) is 0 Å². The molecule has 0 spiro atoms. The third-order valence-corrected chi connectivity index (χ3v) is 4.13. The topological polar surface area (TPSA) is 97.1 Å². The number of hydrogen-bond acceptors (Lipinski definition) is 5. The first kappa shape index (κ1) is 20.1. The summed E-state index contributed by atoms with van der Waals surface area (Å²) in [7, 11) is 0. The van der Waals surface area contributed by atoms with Gasteiger partial charge in [-0.1, -0.05) is 0 Å². The number of nitrogens with two attached hydrogens (primary N) is 1. The van der Waals surface area contributed by atoms with Crippen molar-refractivity contribution in [2.75, 3.05) is 18.4 Å². The first-order valence-corrected chi connectivity index (χ1v) is 8.27. The maximum absolute atomic E-state index is 12.2. The summed E-state index contributed by atoms with van der Waals surface area (Å²) in [6.45, 7) is 4.80. The summed E-state index contributed by atoms with van der Waals surface area (Å²) in [5.74, 6) is -0.391. The second-order valence-corrected chi connectivity index (χ2v) is 5.95. The molecule has 2 aromatic rings. The van der Waals surface area contributed by atoms with Crippen molar-refractivity contribution in [2.45, 2.75) is 20.3 Å². The monoisotopic (exact) mass is 368 g/mol. The molecule has 0 aliphatic heterocycles. The number of carbonyl (C=O) groups excluding carboxylic acids is 2.